The Morgan fingerprint density at radius 2 is 1.95 bits per heavy atom. The van der Waals surface area contributed by atoms with Gasteiger partial charge in [0.25, 0.3) is 5.78 Å². The van der Waals surface area contributed by atoms with E-state index in [9.17, 15) is 14.7 Å². The molecule has 2 aliphatic rings. The number of aliphatic hydroxyl groups is 1. The molecule has 4 aromatic rings. The molecule has 0 saturated carbocycles. The summed E-state index contributed by atoms with van der Waals surface area (Å²) in [6, 6.07) is 21.5. The summed E-state index contributed by atoms with van der Waals surface area (Å²) in [5, 5.41) is 13.6. The quantitative estimate of drug-likeness (QED) is 0.199. The molecular formula is C30H24N2O5S. The number of Topliss-reactive ketones (excluding diaryl/α,β-unsaturated/α-hetero) is 1. The van der Waals surface area contributed by atoms with Gasteiger partial charge in [0, 0.05) is 23.6 Å². The van der Waals surface area contributed by atoms with Crippen LogP contribution in [0, 0.1) is 0 Å². The first-order chi connectivity index (χ1) is 18.5. The van der Waals surface area contributed by atoms with E-state index in [-0.39, 0.29) is 17.4 Å². The van der Waals surface area contributed by atoms with Gasteiger partial charge < -0.3 is 14.6 Å². The molecule has 6 rings (SSSR count). The average molecular weight is 525 g/mol. The van der Waals surface area contributed by atoms with Crippen LogP contribution in [0.1, 0.15) is 35.2 Å². The van der Waals surface area contributed by atoms with Crippen molar-refractivity contribution in [1.29, 1.82) is 0 Å². The molecule has 2 atom stereocenters. The van der Waals surface area contributed by atoms with E-state index in [0.29, 0.717) is 35.0 Å². The number of rotatable bonds is 6. The molecule has 0 radical (unpaired) electrons. The van der Waals surface area contributed by atoms with Gasteiger partial charge in [0.15, 0.2) is 5.13 Å². The number of aliphatic hydroxyl groups excluding tert-OH is 1. The minimum atomic E-state index is -0.871. The van der Waals surface area contributed by atoms with E-state index in [2.05, 4.69) is 4.98 Å². The van der Waals surface area contributed by atoms with E-state index in [1.807, 2.05) is 61.5 Å². The van der Waals surface area contributed by atoms with Crippen LogP contribution in [-0.4, -0.2) is 27.9 Å². The highest BCUT2D eigenvalue weighted by Gasteiger charge is 2.48. The first-order valence-corrected chi connectivity index (χ1v) is 13.1. The molecule has 8 heteroatoms. The van der Waals surface area contributed by atoms with Crippen LogP contribution in [0.4, 0.5) is 5.13 Å². The summed E-state index contributed by atoms with van der Waals surface area (Å²) in [5.74, 6) is -0.383. The molecular weight excluding hydrogens is 500 g/mol. The van der Waals surface area contributed by atoms with Crippen molar-refractivity contribution >= 4 is 33.9 Å². The molecule has 1 N–H and O–H groups in total. The number of carbonyl (C=O) groups excluding carboxylic acids is 2. The summed E-state index contributed by atoms with van der Waals surface area (Å²) >= 11 is 1.25. The zero-order valence-corrected chi connectivity index (χ0v) is 21.4. The molecule has 2 aliphatic heterocycles. The van der Waals surface area contributed by atoms with Crippen LogP contribution in [0.2, 0.25) is 0 Å². The lowest BCUT2D eigenvalue weighted by Gasteiger charge is -2.23. The Morgan fingerprint density at radius 3 is 2.74 bits per heavy atom. The van der Waals surface area contributed by atoms with Crippen molar-refractivity contribution in [1.82, 2.24) is 4.98 Å². The maximum Gasteiger partial charge on any atom is 0.301 e. The van der Waals surface area contributed by atoms with Crippen molar-refractivity contribution in [2.24, 2.45) is 0 Å². The fraction of sp³-hybridized carbons (Fsp3) is 0.167. The van der Waals surface area contributed by atoms with Gasteiger partial charge in [0.2, 0.25) is 0 Å². The van der Waals surface area contributed by atoms with Crippen molar-refractivity contribution in [2.45, 2.75) is 32.1 Å². The minimum Gasteiger partial charge on any atom is -0.507 e. The zero-order valence-electron chi connectivity index (χ0n) is 20.5. The average Bonchev–Trinajstić information content (AvgIpc) is 3.65. The number of nitrogens with zero attached hydrogens (tertiary/aromatic N) is 2. The Hall–Kier alpha value is -4.43. The Morgan fingerprint density at radius 1 is 1.11 bits per heavy atom. The molecule has 0 aliphatic carbocycles. The lowest BCUT2D eigenvalue weighted by atomic mass is 9.94. The van der Waals surface area contributed by atoms with E-state index < -0.39 is 17.7 Å². The molecule has 190 valence electrons. The van der Waals surface area contributed by atoms with Crippen molar-refractivity contribution in [3.63, 3.8) is 0 Å². The number of hydrogen-bond donors (Lipinski definition) is 1. The van der Waals surface area contributed by atoms with Gasteiger partial charge >= 0.3 is 5.91 Å². The Balaban J connectivity index is 1.42. The number of anilines is 1. The molecule has 1 amide bonds. The van der Waals surface area contributed by atoms with Gasteiger partial charge in [-0.05, 0) is 53.9 Å². The Labute approximate surface area is 223 Å². The third kappa shape index (κ3) is 4.33. The normalized spacial score (nSPS) is 19.9. The topological polar surface area (TPSA) is 89.0 Å². The largest absolute Gasteiger partial charge is 0.507 e. The zero-order chi connectivity index (χ0) is 26.2. The number of amides is 1. The molecule has 3 heterocycles. The summed E-state index contributed by atoms with van der Waals surface area (Å²) in [6.07, 6.45) is 2.32. The molecule has 0 bridgehead atoms. The van der Waals surface area contributed by atoms with Crippen LogP contribution in [0.3, 0.4) is 0 Å². The molecule has 38 heavy (non-hydrogen) atoms. The number of hydrogen-bond acceptors (Lipinski definition) is 7. The maximum atomic E-state index is 13.4. The highest BCUT2D eigenvalue weighted by Crippen LogP contribution is 2.44. The second-order valence-corrected chi connectivity index (χ2v) is 10.2. The standard InChI is InChI=1S/C30H24N2O5S/c1-18-14-22-15-21(10-11-24(22)37-18)27(33)25-26(32(29(35)28(25)34)30-31-12-13-38-30)20-8-5-9-23(16-20)36-17-19-6-3-2-4-7-19/h2-13,15-16,18,26,33H,14,17H2,1H3. The van der Waals surface area contributed by atoms with Gasteiger partial charge in [-0.1, -0.05) is 42.5 Å². The van der Waals surface area contributed by atoms with Crippen LogP contribution in [-0.2, 0) is 22.6 Å². The third-order valence-electron chi connectivity index (χ3n) is 6.66. The van der Waals surface area contributed by atoms with Gasteiger partial charge in [-0.15, -0.1) is 11.3 Å². The van der Waals surface area contributed by atoms with Gasteiger partial charge in [-0.2, -0.15) is 0 Å². The highest BCUT2D eigenvalue weighted by molar-refractivity contribution is 7.14. The number of thiazole rings is 1. The van der Waals surface area contributed by atoms with Gasteiger partial charge in [-0.25, -0.2) is 4.98 Å². The predicted molar refractivity (Wildman–Crippen MR) is 144 cm³/mol. The Bertz CT molecular complexity index is 1550. The van der Waals surface area contributed by atoms with Gasteiger partial charge in [0.05, 0.1) is 11.6 Å². The fourth-order valence-electron chi connectivity index (χ4n) is 4.92. The fourth-order valence-corrected chi connectivity index (χ4v) is 5.59. The molecule has 1 fully saturated rings. The van der Waals surface area contributed by atoms with Crippen molar-refractivity contribution in [3.05, 3.63) is 112 Å². The monoisotopic (exact) mass is 524 g/mol. The molecule has 7 nitrogen and oxygen atoms in total. The predicted octanol–water partition coefficient (Wildman–Crippen LogP) is 5.67. The summed E-state index contributed by atoms with van der Waals surface area (Å²) in [7, 11) is 0. The number of ketones is 1. The SMILES string of the molecule is CC1Cc2cc(C(O)=C3C(=O)C(=O)N(c4nccs4)C3c3cccc(OCc4ccccc4)c3)ccc2O1. The third-order valence-corrected chi connectivity index (χ3v) is 7.43. The van der Waals surface area contributed by atoms with Crippen LogP contribution in [0.5, 0.6) is 11.5 Å². The first-order valence-electron chi connectivity index (χ1n) is 12.3. The maximum absolute atomic E-state index is 13.4. The summed E-state index contributed by atoms with van der Waals surface area (Å²) in [5.41, 5.74) is 3.06. The number of ether oxygens (including phenoxy) is 2. The van der Waals surface area contributed by atoms with E-state index in [4.69, 9.17) is 9.47 Å². The van der Waals surface area contributed by atoms with Gasteiger partial charge in [-0.3, -0.25) is 14.5 Å². The van der Waals surface area contributed by atoms with Crippen LogP contribution >= 0.6 is 11.3 Å². The van der Waals surface area contributed by atoms with Crippen molar-refractivity contribution in [3.8, 4) is 11.5 Å². The first kappa shape index (κ1) is 23.9. The van der Waals surface area contributed by atoms with Crippen LogP contribution < -0.4 is 14.4 Å². The van der Waals surface area contributed by atoms with Crippen LogP contribution in [0.25, 0.3) is 5.76 Å². The van der Waals surface area contributed by atoms with E-state index >= 15 is 0 Å². The van der Waals surface area contributed by atoms with Crippen molar-refractivity contribution in [2.75, 3.05) is 4.90 Å². The number of aromatic nitrogens is 1. The second kappa shape index (κ2) is 9.79. The Kier molecular flexibility index (Phi) is 6.17. The summed E-state index contributed by atoms with van der Waals surface area (Å²) < 4.78 is 11.8. The van der Waals surface area contributed by atoms with E-state index in [0.717, 1.165) is 16.9 Å². The number of fused-ring (bicyclic) bond motifs is 1. The molecule has 2 unspecified atom stereocenters. The molecule has 0 spiro atoms. The minimum absolute atomic E-state index is 0.0114. The molecule has 1 aromatic heterocycles. The van der Waals surface area contributed by atoms with Crippen molar-refractivity contribution < 1.29 is 24.2 Å². The van der Waals surface area contributed by atoms with E-state index in [1.54, 1.807) is 29.8 Å². The smallest absolute Gasteiger partial charge is 0.301 e. The lowest BCUT2D eigenvalue weighted by Crippen LogP contribution is -2.29. The molecule has 3 aromatic carbocycles. The number of carbonyl (C=O) groups is 2. The highest BCUT2D eigenvalue weighted by atomic mass is 32.1. The molecule has 1 saturated heterocycles. The van der Waals surface area contributed by atoms with Crippen LogP contribution in [0.15, 0.2) is 89.9 Å². The second-order valence-electron chi connectivity index (χ2n) is 9.29. The van der Waals surface area contributed by atoms with E-state index in [1.165, 1.54) is 16.2 Å². The van der Waals surface area contributed by atoms with Gasteiger partial charge in [0.1, 0.15) is 30.0 Å². The summed E-state index contributed by atoms with van der Waals surface area (Å²) in [4.78, 5) is 32.4. The number of benzene rings is 3. The lowest BCUT2D eigenvalue weighted by molar-refractivity contribution is -0.132. The summed E-state index contributed by atoms with van der Waals surface area (Å²) in [6.45, 7) is 2.35.